The van der Waals surface area contributed by atoms with E-state index in [0.717, 1.165) is 44.3 Å². The Bertz CT molecular complexity index is 1000. The monoisotopic (exact) mass is 438 g/mol. The molecule has 0 spiro atoms. The van der Waals surface area contributed by atoms with E-state index in [4.69, 9.17) is 9.47 Å². The second kappa shape index (κ2) is 9.54. The first-order valence-electron chi connectivity index (χ1n) is 11.2. The lowest BCUT2D eigenvalue weighted by Gasteiger charge is -2.24. The van der Waals surface area contributed by atoms with E-state index in [2.05, 4.69) is 9.97 Å². The van der Waals surface area contributed by atoms with Crippen LogP contribution in [-0.4, -0.2) is 64.9 Å². The van der Waals surface area contributed by atoms with Crippen LogP contribution in [0.3, 0.4) is 0 Å². The van der Waals surface area contributed by atoms with Gasteiger partial charge in [0.1, 0.15) is 0 Å². The molecular weight excluding hydrogens is 408 g/mol. The molecule has 4 rings (SSSR count). The molecule has 0 N–H and O–H groups in total. The fourth-order valence-electron chi connectivity index (χ4n) is 4.40. The van der Waals surface area contributed by atoms with Crippen LogP contribution in [0.2, 0.25) is 0 Å². The zero-order valence-corrected chi connectivity index (χ0v) is 19.0. The predicted molar refractivity (Wildman–Crippen MR) is 119 cm³/mol. The van der Waals surface area contributed by atoms with Gasteiger partial charge in [0.2, 0.25) is 0 Å². The number of likely N-dealkylation sites (tertiary alicyclic amines) is 2. The molecule has 0 aliphatic carbocycles. The number of hydrogen-bond donors (Lipinski definition) is 0. The molecule has 170 valence electrons. The van der Waals surface area contributed by atoms with Crippen LogP contribution in [0.1, 0.15) is 59.2 Å². The smallest absolute Gasteiger partial charge is 0.261 e. The van der Waals surface area contributed by atoms with Gasteiger partial charge in [0.15, 0.2) is 23.9 Å². The van der Waals surface area contributed by atoms with E-state index >= 15 is 0 Å². The van der Waals surface area contributed by atoms with E-state index in [-0.39, 0.29) is 24.5 Å². The Balaban J connectivity index is 1.44. The summed E-state index contributed by atoms with van der Waals surface area (Å²) in [7, 11) is 1.58. The molecule has 1 atom stereocenters. The van der Waals surface area contributed by atoms with Crippen molar-refractivity contribution in [2.24, 2.45) is 0 Å². The SMILES string of the molecule is COc1cc(C)ccc1OCC(=O)N1CCC[C@@H]1c1ncc(C(=O)N2CCCC2)c(C)n1. The molecule has 2 fully saturated rings. The first-order chi connectivity index (χ1) is 15.5. The number of methoxy groups -OCH3 is 1. The highest BCUT2D eigenvalue weighted by atomic mass is 16.5. The number of benzene rings is 1. The molecule has 0 radical (unpaired) electrons. The van der Waals surface area contributed by atoms with E-state index < -0.39 is 0 Å². The van der Waals surface area contributed by atoms with Crippen molar-refractivity contribution in [3.63, 3.8) is 0 Å². The molecule has 2 saturated heterocycles. The summed E-state index contributed by atoms with van der Waals surface area (Å²) in [6, 6.07) is 5.40. The maximum atomic E-state index is 12.9. The third kappa shape index (κ3) is 4.54. The number of carbonyl (C=O) groups excluding carboxylic acids is 2. The van der Waals surface area contributed by atoms with Crippen molar-refractivity contribution < 1.29 is 19.1 Å². The van der Waals surface area contributed by atoms with Gasteiger partial charge in [-0.15, -0.1) is 0 Å². The summed E-state index contributed by atoms with van der Waals surface area (Å²) in [5, 5.41) is 0. The number of aromatic nitrogens is 2. The summed E-state index contributed by atoms with van der Waals surface area (Å²) in [5.74, 6) is 1.60. The van der Waals surface area contributed by atoms with Gasteiger partial charge in [-0.1, -0.05) is 6.07 Å². The van der Waals surface area contributed by atoms with Crippen molar-refractivity contribution in [1.82, 2.24) is 19.8 Å². The summed E-state index contributed by atoms with van der Waals surface area (Å²) < 4.78 is 11.1. The lowest BCUT2D eigenvalue weighted by molar-refractivity contribution is -0.134. The van der Waals surface area contributed by atoms with Crippen LogP contribution < -0.4 is 9.47 Å². The number of aryl methyl sites for hydroxylation is 2. The molecule has 2 aliphatic rings. The molecule has 8 nitrogen and oxygen atoms in total. The summed E-state index contributed by atoms with van der Waals surface area (Å²) in [4.78, 5) is 38.4. The molecule has 0 bridgehead atoms. The average molecular weight is 439 g/mol. The lowest BCUT2D eigenvalue weighted by atomic mass is 10.1. The number of amides is 2. The van der Waals surface area contributed by atoms with Gasteiger partial charge >= 0.3 is 0 Å². The summed E-state index contributed by atoms with van der Waals surface area (Å²) >= 11 is 0. The maximum Gasteiger partial charge on any atom is 0.261 e. The molecular formula is C24H30N4O4. The first kappa shape index (κ1) is 22.0. The third-order valence-corrected chi connectivity index (χ3v) is 6.16. The normalized spacial score (nSPS) is 18.2. The molecule has 2 amide bonds. The van der Waals surface area contributed by atoms with Crippen molar-refractivity contribution >= 4 is 11.8 Å². The van der Waals surface area contributed by atoms with Crippen LogP contribution >= 0.6 is 0 Å². The zero-order chi connectivity index (χ0) is 22.7. The summed E-state index contributed by atoms with van der Waals surface area (Å²) in [6.45, 7) is 5.93. The molecule has 2 aliphatic heterocycles. The molecule has 0 saturated carbocycles. The Morgan fingerprint density at radius 3 is 2.59 bits per heavy atom. The Morgan fingerprint density at radius 1 is 1.09 bits per heavy atom. The molecule has 1 aromatic carbocycles. The van der Waals surface area contributed by atoms with E-state index in [0.29, 0.717) is 35.1 Å². The van der Waals surface area contributed by atoms with Crippen LogP contribution in [0, 0.1) is 13.8 Å². The van der Waals surface area contributed by atoms with Crippen molar-refractivity contribution in [3.8, 4) is 11.5 Å². The van der Waals surface area contributed by atoms with Crippen LogP contribution in [-0.2, 0) is 4.79 Å². The van der Waals surface area contributed by atoms with E-state index in [1.165, 1.54) is 0 Å². The van der Waals surface area contributed by atoms with Gasteiger partial charge < -0.3 is 19.3 Å². The third-order valence-electron chi connectivity index (χ3n) is 6.16. The minimum absolute atomic E-state index is 0.00801. The topological polar surface area (TPSA) is 84.9 Å². The van der Waals surface area contributed by atoms with Gasteiger partial charge in [-0.25, -0.2) is 9.97 Å². The second-order valence-electron chi connectivity index (χ2n) is 8.41. The van der Waals surface area contributed by atoms with Crippen LogP contribution in [0.4, 0.5) is 0 Å². The number of hydrogen-bond acceptors (Lipinski definition) is 6. The highest BCUT2D eigenvalue weighted by molar-refractivity contribution is 5.95. The predicted octanol–water partition coefficient (Wildman–Crippen LogP) is 3.08. The summed E-state index contributed by atoms with van der Waals surface area (Å²) in [5.41, 5.74) is 2.26. The maximum absolute atomic E-state index is 12.9. The number of nitrogens with zero attached hydrogens (tertiary/aromatic N) is 4. The molecule has 1 aromatic heterocycles. The Hall–Kier alpha value is -3.16. The fourth-order valence-corrected chi connectivity index (χ4v) is 4.40. The lowest BCUT2D eigenvalue weighted by Crippen LogP contribution is -2.35. The standard InChI is InChI=1S/C24H30N4O4/c1-16-8-9-20(21(13-16)31-3)32-15-22(29)28-12-6-7-19(28)23-25-14-18(17(2)26-23)24(30)27-10-4-5-11-27/h8-9,13-14,19H,4-7,10-12,15H2,1-3H3/t19-/m1/s1. The minimum Gasteiger partial charge on any atom is -0.493 e. The van der Waals surface area contributed by atoms with Gasteiger partial charge in [0.25, 0.3) is 11.8 Å². The van der Waals surface area contributed by atoms with E-state index in [1.54, 1.807) is 18.2 Å². The van der Waals surface area contributed by atoms with E-state index in [9.17, 15) is 9.59 Å². The molecule has 8 heteroatoms. The van der Waals surface area contributed by atoms with Gasteiger partial charge in [-0.05, 0) is 57.2 Å². The first-order valence-corrected chi connectivity index (χ1v) is 11.2. The molecule has 0 unspecified atom stereocenters. The number of carbonyl (C=O) groups is 2. The highest BCUT2D eigenvalue weighted by Gasteiger charge is 2.33. The quantitative estimate of drug-likeness (QED) is 0.689. The Kier molecular flexibility index (Phi) is 6.58. The summed E-state index contributed by atoms with van der Waals surface area (Å²) in [6.07, 6.45) is 5.37. The molecule has 2 aromatic rings. The Morgan fingerprint density at radius 2 is 1.88 bits per heavy atom. The van der Waals surface area contributed by atoms with Gasteiger partial charge in [0, 0.05) is 25.8 Å². The van der Waals surface area contributed by atoms with Crippen LogP contribution in [0.15, 0.2) is 24.4 Å². The van der Waals surface area contributed by atoms with E-state index in [1.807, 2.05) is 36.9 Å². The zero-order valence-electron chi connectivity index (χ0n) is 19.0. The number of ether oxygens (including phenoxy) is 2. The number of rotatable bonds is 6. The average Bonchev–Trinajstić information content (AvgIpc) is 3.50. The van der Waals surface area contributed by atoms with Crippen molar-refractivity contribution in [1.29, 1.82) is 0 Å². The second-order valence-corrected chi connectivity index (χ2v) is 8.41. The van der Waals surface area contributed by atoms with Crippen molar-refractivity contribution in [2.75, 3.05) is 33.4 Å². The largest absolute Gasteiger partial charge is 0.493 e. The van der Waals surface area contributed by atoms with Gasteiger partial charge in [0.05, 0.1) is 24.4 Å². The van der Waals surface area contributed by atoms with Crippen molar-refractivity contribution in [3.05, 3.63) is 47.0 Å². The fraction of sp³-hybridized carbons (Fsp3) is 0.500. The molecule has 32 heavy (non-hydrogen) atoms. The van der Waals surface area contributed by atoms with Gasteiger partial charge in [-0.2, -0.15) is 0 Å². The highest BCUT2D eigenvalue weighted by Crippen LogP contribution is 2.32. The van der Waals surface area contributed by atoms with Crippen LogP contribution in [0.5, 0.6) is 11.5 Å². The van der Waals surface area contributed by atoms with Crippen LogP contribution in [0.25, 0.3) is 0 Å². The molecule has 3 heterocycles. The van der Waals surface area contributed by atoms with Gasteiger partial charge in [-0.3, -0.25) is 9.59 Å². The Labute approximate surface area is 188 Å². The van der Waals surface area contributed by atoms with Crippen molar-refractivity contribution in [2.45, 2.75) is 45.6 Å². The minimum atomic E-state index is -0.208.